The fraction of sp³-hybridized carbons (Fsp3) is 0.188. The number of nitrogens with two attached hydrogens (primary N) is 1. The van der Waals surface area contributed by atoms with Crippen molar-refractivity contribution >= 4 is 5.69 Å². The Morgan fingerprint density at radius 3 is 2.43 bits per heavy atom. The van der Waals surface area contributed by atoms with E-state index in [0.717, 1.165) is 24.1 Å². The molecule has 0 radical (unpaired) electrons. The van der Waals surface area contributed by atoms with Crippen LogP contribution in [0.15, 0.2) is 53.3 Å². The summed E-state index contributed by atoms with van der Waals surface area (Å²) in [5, 5.41) is 4.01. The summed E-state index contributed by atoms with van der Waals surface area (Å²) in [6.45, 7) is 0. The SMILES string of the molecule is Nc1ccc(CCc2nc(Cc3ccncc3)no2)cc1. The van der Waals surface area contributed by atoms with Crippen LogP contribution in [0.4, 0.5) is 5.69 Å². The van der Waals surface area contributed by atoms with Gasteiger partial charge >= 0.3 is 0 Å². The van der Waals surface area contributed by atoms with Gasteiger partial charge in [0.1, 0.15) is 0 Å². The van der Waals surface area contributed by atoms with Crippen LogP contribution >= 0.6 is 0 Å². The third kappa shape index (κ3) is 3.66. The first-order valence-corrected chi connectivity index (χ1v) is 6.84. The molecular formula is C16H16N4O. The Morgan fingerprint density at radius 1 is 0.905 bits per heavy atom. The molecule has 5 nitrogen and oxygen atoms in total. The zero-order chi connectivity index (χ0) is 14.5. The van der Waals surface area contributed by atoms with Gasteiger partial charge in [0.2, 0.25) is 5.89 Å². The van der Waals surface area contributed by atoms with Crippen molar-refractivity contribution in [2.45, 2.75) is 19.3 Å². The highest BCUT2D eigenvalue weighted by molar-refractivity contribution is 5.39. The summed E-state index contributed by atoms with van der Waals surface area (Å²) in [4.78, 5) is 8.40. The molecule has 0 aliphatic rings. The quantitative estimate of drug-likeness (QED) is 0.726. The maximum atomic E-state index is 5.67. The molecule has 0 bridgehead atoms. The van der Waals surface area contributed by atoms with Gasteiger partial charge < -0.3 is 10.3 Å². The number of benzene rings is 1. The molecular weight excluding hydrogens is 264 g/mol. The molecule has 0 saturated heterocycles. The number of rotatable bonds is 5. The van der Waals surface area contributed by atoms with Crippen molar-refractivity contribution in [1.29, 1.82) is 0 Å². The Kier molecular flexibility index (Phi) is 3.91. The van der Waals surface area contributed by atoms with Gasteiger partial charge in [-0.1, -0.05) is 17.3 Å². The van der Waals surface area contributed by atoms with Gasteiger partial charge in [-0.25, -0.2) is 0 Å². The molecule has 3 aromatic rings. The number of anilines is 1. The minimum absolute atomic E-state index is 0.661. The fourth-order valence-corrected chi connectivity index (χ4v) is 2.08. The number of aryl methyl sites for hydroxylation is 2. The minimum Gasteiger partial charge on any atom is -0.399 e. The highest BCUT2D eigenvalue weighted by Crippen LogP contribution is 2.10. The van der Waals surface area contributed by atoms with Crippen LogP contribution < -0.4 is 5.73 Å². The fourth-order valence-electron chi connectivity index (χ4n) is 2.08. The molecule has 0 amide bonds. The van der Waals surface area contributed by atoms with Gasteiger partial charge in [-0.05, 0) is 41.8 Å². The predicted molar refractivity (Wildman–Crippen MR) is 79.6 cm³/mol. The summed E-state index contributed by atoms with van der Waals surface area (Å²) < 4.78 is 5.28. The van der Waals surface area contributed by atoms with Gasteiger partial charge in [0.15, 0.2) is 5.82 Å². The van der Waals surface area contributed by atoms with Crippen LogP contribution in [0.25, 0.3) is 0 Å². The van der Waals surface area contributed by atoms with Crippen LogP contribution in [-0.4, -0.2) is 15.1 Å². The van der Waals surface area contributed by atoms with Crippen molar-refractivity contribution in [3.05, 3.63) is 71.6 Å². The van der Waals surface area contributed by atoms with Crippen molar-refractivity contribution in [1.82, 2.24) is 15.1 Å². The van der Waals surface area contributed by atoms with Crippen LogP contribution in [0.1, 0.15) is 22.8 Å². The monoisotopic (exact) mass is 280 g/mol. The molecule has 2 heterocycles. The molecule has 2 N–H and O–H groups in total. The lowest BCUT2D eigenvalue weighted by Crippen LogP contribution is -1.94. The topological polar surface area (TPSA) is 77.8 Å². The van der Waals surface area contributed by atoms with Gasteiger partial charge in [0.25, 0.3) is 0 Å². The zero-order valence-electron chi connectivity index (χ0n) is 11.6. The summed E-state index contributed by atoms with van der Waals surface area (Å²) >= 11 is 0. The maximum absolute atomic E-state index is 5.67. The zero-order valence-corrected chi connectivity index (χ0v) is 11.6. The third-order valence-corrected chi connectivity index (χ3v) is 3.23. The molecule has 2 aromatic heterocycles. The number of pyridine rings is 1. The second-order valence-electron chi connectivity index (χ2n) is 4.88. The van der Waals surface area contributed by atoms with Crippen molar-refractivity contribution in [2.24, 2.45) is 0 Å². The standard InChI is InChI=1S/C16H16N4O/c17-14-4-1-12(2-5-14)3-6-16-19-15(20-21-16)11-13-7-9-18-10-8-13/h1-2,4-5,7-10H,3,6,11,17H2. The van der Waals surface area contributed by atoms with E-state index in [2.05, 4.69) is 15.1 Å². The average molecular weight is 280 g/mol. The van der Waals surface area contributed by atoms with Crippen LogP contribution in [0.5, 0.6) is 0 Å². The van der Waals surface area contributed by atoms with E-state index < -0.39 is 0 Å². The number of aromatic nitrogens is 3. The first-order valence-electron chi connectivity index (χ1n) is 6.84. The highest BCUT2D eigenvalue weighted by atomic mass is 16.5. The van der Waals surface area contributed by atoms with E-state index in [1.807, 2.05) is 36.4 Å². The molecule has 0 aliphatic heterocycles. The molecule has 1 aromatic carbocycles. The Balaban J connectivity index is 1.59. The normalized spacial score (nSPS) is 10.7. The van der Waals surface area contributed by atoms with Crippen LogP contribution in [0, 0.1) is 0 Å². The predicted octanol–water partition coefficient (Wildman–Crippen LogP) is 2.42. The summed E-state index contributed by atoms with van der Waals surface area (Å²) in [5.74, 6) is 1.37. The second kappa shape index (κ2) is 6.17. The van der Waals surface area contributed by atoms with Gasteiger partial charge in [-0.15, -0.1) is 0 Å². The Bertz CT molecular complexity index is 692. The van der Waals surface area contributed by atoms with Gasteiger partial charge in [-0.2, -0.15) is 4.98 Å². The lowest BCUT2D eigenvalue weighted by Gasteiger charge is -1.98. The molecule has 0 atom stereocenters. The van der Waals surface area contributed by atoms with Crippen LogP contribution in [-0.2, 0) is 19.3 Å². The van der Waals surface area contributed by atoms with E-state index in [-0.39, 0.29) is 0 Å². The third-order valence-electron chi connectivity index (χ3n) is 3.23. The largest absolute Gasteiger partial charge is 0.399 e. The smallest absolute Gasteiger partial charge is 0.226 e. The lowest BCUT2D eigenvalue weighted by molar-refractivity contribution is 0.374. The molecule has 5 heteroatoms. The minimum atomic E-state index is 0.661. The molecule has 21 heavy (non-hydrogen) atoms. The van der Waals surface area contributed by atoms with Gasteiger partial charge in [0, 0.05) is 30.9 Å². The molecule has 0 spiro atoms. The van der Waals surface area contributed by atoms with Crippen LogP contribution in [0.2, 0.25) is 0 Å². The second-order valence-corrected chi connectivity index (χ2v) is 4.88. The number of nitrogen functional groups attached to an aromatic ring is 1. The van der Waals surface area contributed by atoms with Gasteiger partial charge in [0.05, 0.1) is 0 Å². The Labute approximate surface area is 122 Å². The van der Waals surface area contributed by atoms with Crippen LogP contribution in [0.3, 0.4) is 0 Å². The maximum Gasteiger partial charge on any atom is 0.226 e. The van der Waals surface area contributed by atoms with Gasteiger partial charge in [-0.3, -0.25) is 4.98 Å². The van der Waals surface area contributed by atoms with E-state index in [9.17, 15) is 0 Å². The molecule has 3 rings (SSSR count). The van der Waals surface area contributed by atoms with E-state index in [4.69, 9.17) is 10.3 Å². The van der Waals surface area contributed by atoms with Crippen molar-refractivity contribution in [3.8, 4) is 0 Å². The number of hydrogen-bond donors (Lipinski definition) is 1. The molecule has 0 saturated carbocycles. The van der Waals surface area contributed by atoms with Crippen molar-refractivity contribution in [3.63, 3.8) is 0 Å². The number of nitrogens with zero attached hydrogens (tertiary/aromatic N) is 3. The highest BCUT2D eigenvalue weighted by Gasteiger charge is 2.07. The van der Waals surface area contributed by atoms with E-state index in [1.165, 1.54) is 5.56 Å². The summed E-state index contributed by atoms with van der Waals surface area (Å²) in [6.07, 6.45) is 5.77. The molecule has 0 unspecified atom stereocenters. The van der Waals surface area contributed by atoms with Crippen molar-refractivity contribution in [2.75, 3.05) is 5.73 Å². The van der Waals surface area contributed by atoms with E-state index in [0.29, 0.717) is 18.1 Å². The Morgan fingerprint density at radius 2 is 1.67 bits per heavy atom. The van der Waals surface area contributed by atoms with Crippen molar-refractivity contribution < 1.29 is 4.52 Å². The first-order chi connectivity index (χ1) is 10.3. The molecule has 106 valence electrons. The summed E-state index contributed by atoms with van der Waals surface area (Å²) in [6, 6.07) is 11.7. The van der Waals surface area contributed by atoms with E-state index in [1.54, 1.807) is 12.4 Å². The molecule has 0 aliphatic carbocycles. The first kappa shape index (κ1) is 13.3. The summed E-state index contributed by atoms with van der Waals surface area (Å²) in [5.41, 5.74) is 8.77. The average Bonchev–Trinajstić information content (AvgIpc) is 2.95. The summed E-state index contributed by atoms with van der Waals surface area (Å²) in [7, 11) is 0. The lowest BCUT2D eigenvalue weighted by atomic mass is 10.1. The number of hydrogen-bond acceptors (Lipinski definition) is 5. The Hall–Kier alpha value is -2.69. The molecule has 0 fully saturated rings. The van der Waals surface area contributed by atoms with E-state index >= 15 is 0 Å².